The first kappa shape index (κ1) is 11.9. The van der Waals surface area contributed by atoms with Gasteiger partial charge in [-0.1, -0.05) is 13.8 Å². The van der Waals surface area contributed by atoms with Crippen molar-refractivity contribution in [2.24, 2.45) is 11.8 Å². The normalized spacial score (nSPS) is 28.4. The number of pyridine rings is 1. The van der Waals surface area contributed by atoms with E-state index in [1.165, 1.54) is 6.42 Å². The van der Waals surface area contributed by atoms with Crippen LogP contribution in [0.15, 0.2) is 18.3 Å². The Bertz CT molecular complexity index is 407. The third-order valence-corrected chi connectivity index (χ3v) is 3.70. The monoisotopic (exact) mass is 230 g/mol. The van der Waals surface area contributed by atoms with E-state index in [2.05, 4.69) is 18.8 Å². The van der Waals surface area contributed by atoms with Crippen molar-refractivity contribution < 1.29 is 4.74 Å². The highest BCUT2D eigenvalue weighted by molar-refractivity contribution is 5.26. The van der Waals surface area contributed by atoms with Crippen LogP contribution in [0.5, 0.6) is 5.75 Å². The zero-order chi connectivity index (χ0) is 12.3. The second kappa shape index (κ2) is 5.18. The lowest BCUT2D eigenvalue weighted by Gasteiger charge is -2.32. The highest BCUT2D eigenvalue weighted by atomic mass is 16.5. The lowest BCUT2D eigenvalue weighted by Crippen LogP contribution is -2.28. The van der Waals surface area contributed by atoms with Crippen LogP contribution in [0.25, 0.3) is 0 Å². The quantitative estimate of drug-likeness (QED) is 0.784. The van der Waals surface area contributed by atoms with Crippen molar-refractivity contribution in [1.29, 1.82) is 5.26 Å². The van der Waals surface area contributed by atoms with Gasteiger partial charge >= 0.3 is 0 Å². The summed E-state index contributed by atoms with van der Waals surface area (Å²) >= 11 is 0. The van der Waals surface area contributed by atoms with E-state index in [0.29, 0.717) is 11.8 Å². The third kappa shape index (κ3) is 2.97. The number of rotatable bonds is 2. The Morgan fingerprint density at radius 1 is 1.29 bits per heavy atom. The predicted molar refractivity (Wildman–Crippen MR) is 65.5 cm³/mol. The van der Waals surface area contributed by atoms with Crippen molar-refractivity contribution in [2.45, 2.75) is 39.2 Å². The molecule has 3 heteroatoms. The van der Waals surface area contributed by atoms with Crippen molar-refractivity contribution in [3.63, 3.8) is 0 Å². The van der Waals surface area contributed by atoms with Crippen molar-refractivity contribution in [1.82, 2.24) is 4.98 Å². The summed E-state index contributed by atoms with van der Waals surface area (Å²) in [5.41, 5.74) is 0.433. The van der Waals surface area contributed by atoms with Gasteiger partial charge in [-0.25, -0.2) is 4.98 Å². The lowest BCUT2D eigenvalue weighted by molar-refractivity contribution is 0.100. The minimum atomic E-state index is 0.302. The van der Waals surface area contributed by atoms with E-state index in [1.54, 1.807) is 12.3 Å². The van der Waals surface area contributed by atoms with E-state index in [1.807, 2.05) is 12.1 Å². The first-order chi connectivity index (χ1) is 8.19. The topological polar surface area (TPSA) is 45.9 Å². The zero-order valence-electron chi connectivity index (χ0n) is 10.4. The molecule has 1 aliphatic carbocycles. The Labute approximate surface area is 102 Å². The minimum Gasteiger partial charge on any atom is -0.489 e. The fourth-order valence-electron chi connectivity index (χ4n) is 2.31. The van der Waals surface area contributed by atoms with Gasteiger partial charge < -0.3 is 4.74 Å². The van der Waals surface area contributed by atoms with Crippen LogP contribution >= 0.6 is 0 Å². The fraction of sp³-hybridized carbons (Fsp3) is 0.571. The van der Waals surface area contributed by atoms with E-state index in [9.17, 15) is 0 Å². The maximum absolute atomic E-state index is 8.66. The van der Waals surface area contributed by atoms with Gasteiger partial charge in [-0.05, 0) is 43.2 Å². The van der Waals surface area contributed by atoms with Gasteiger partial charge in [-0.15, -0.1) is 0 Å². The van der Waals surface area contributed by atoms with Crippen LogP contribution < -0.4 is 4.74 Å². The molecule has 2 rings (SSSR count). The van der Waals surface area contributed by atoms with Gasteiger partial charge in [0, 0.05) is 0 Å². The molecule has 0 saturated heterocycles. The van der Waals surface area contributed by atoms with Crippen molar-refractivity contribution >= 4 is 0 Å². The highest BCUT2D eigenvalue weighted by Gasteiger charge is 2.25. The molecule has 0 N–H and O–H groups in total. The van der Waals surface area contributed by atoms with Crippen LogP contribution in [0, 0.1) is 23.2 Å². The maximum Gasteiger partial charge on any atom is 0.140 e. The summed E-state index contributed by atoms with van der Waals surface area (Å²) in [7, 11) is 0. The molecule has 0 aromatic carbocycles. The summed E-state index contributed by atoms with van der Waals surface area (Å²) in [5, 5.41) is 8.66. The fourth-order valence-corrected chi connectivity index (χ4v) is 2.31. The Hall–Kier alpha value is -1.56. The largest absolute Gasteiger partial charge is 0.489 e. The molecular weight excluding hydrogens is 212 g/mol. The van der Waals surface area contributed by atoms with Gasteiger partial charge in [0.05, 0.1) is 12.3 Å². The molecule has 1 aliphatic rings. The van der Waals surface area contributed by atoms with Crippen LogP contribution in [0.3, 0.4) is 0 Å². The number of nitrogens with zero attached hydrogens (tertiary/aromatic N) is 2. The number of ether oxygens (including phenoxy) is 1. The van der Waals surface area contributed by atoms with Gasteiger partial charge in [0.25, 0.3) is 0 Å². The second-order valence-electron chi connectivity index (χ2n) is 5.00. The maximum atomic E-state index is 8.66. The van der Waals surface area contributed by atoms with Crippen LogP contribution in [0.4, 0.5) is 0 Å². The average Bonchev–Trinajstić information content (AvgIpc) is 2.35. The van der Waals surface area contributed by atoms with E-state index >= 15 is 0 Å². The summed E-state index contributed by atoms with van der Waals surface area (Å²) in [5.74, 6) is 2.30. The molecule has 3 unspecified atom stereocenters. The molecule has 0 bridgehead atoms. The first-order valence-corrected chi connectivity index (χ1v) is 6.22. The third-order valence-electron chi connectivity index (χ3n) is 3.70. The molecule has 1 aromatic rings. The molecule has 17 heavy (non-hydrogen) atoms. The standard InChI is InChI=1S/C14H18N2O/c1-10-3-5-13(7-11(10)2)17-14-6-4-12(8-15)16-9-14/h4,6,9-11,13H,3,5,7H2,1-2H3. The second-order valence-corrected chi connectivity index (χ2v) is 5.00. The minimum absolute atomic E-state index is 0.302. The Morgan fingerprint density at radius 2 is 2.12 bits per heavy atom. The van der Waals surface area contributed by atoms with Crippen molar-refractivity contribution in [2.75, 3.05) is 0 Å². The molecule has 1 heterocycles. The Balaban J connectivity index is 1.94. The molecule has 0 amide bonds. The SMILES string of the molecule is CC1CCC(Oc2ccc(C#N)nc2)CC1C. The number of nitriles is 1. The van der Waals surface area contributed by atoms with E-state index < -0.39 is 0 Å². The molecule has 1 aromatic heterocycles. The van der Waals surface area contributed by atoms with Gasteiger partial charge in [-0.3, -0.25) is 0 Å². The molecule has 1 fully saturated rings. The number of hydrogen-bond donors (Lipinski definition) is 0. The van der Waals surface area contributed by atoms with Gasteiger partial charge in [0.2, 0.25) is 0 Å². The molecular formula is C14H18N2O. The summed E-state index contributed by atoms with van der Waals surface area (Å²) in [6.07, 6.45) is 5.40. The first-order valence-electron chi connectivity index (χ1n) is 6.22. The Kier molecular flexibility index (Phi) is 3.63. The zero-order valence-corrected chi connectivity index (χ0v) is 10.4. The summed E-state index contributed by atoms with van der Waals surface area (Å²) in [4.78, 5) is 4.01. The average molecular weight is 230 g/mol. The number of aromatic nitrogens is 1. The predicted octanol–water partition coefficient (Wildman–Crippen LogP) is 3.16. The molecule has 90 valence electrons. The van der Waals surface area contributed by atoms with Gasteiger partial charge in [0.1, 0.15) is 17.5 Å². The summed E-state index contributed by atoms with van der Waals surface area (Å²) in [6.45, 7) is 4.60. The molecule has 0 spiro atoms. The highest BCUT2D eigenvalue weighted by Crippen LogP contribution is 2.31. The molecule has 0 aliphatic heterocycles. The van der Waals surface area contributed by atoms with Crippen molar-refractivity contribution in [3.05, 3.63) is 24.0 Å². The number of hydrogen-bond acceptors (Lipinski definition) is 3. The molecule has 1 saturated carbocycles. The smallest absolute Gasteiger partial charge is 0.140 e. The van der Waals surface area contributed by atoms with Crippen LogP contribution in [0.2, 0.25) is 0 Å². The van der Waals surface area contributed by atoms with E-state index in [-0.39, 0.29) is 0 Å². The lowest BCUT2D eigenvalue weighted by atomic mass is 9.80. The van der Waals surface area contributed by atoms with Crippen molar-refractivity contribution in [3.8, 4) is 11.8 Å². The molecule has 0 radical (unpaired) electrons. The molecule has 3 nitrogen and oxygen atoms in total. The molecule has 3 atom stereocenters. The van der Waals surface area contributed by atoms with Crippen LogP contribution in [-0.2, 0) is 0 Å². The van der Waals surface area contributed by atoms with E-state index in [4.69, 9.17) is 10.00 Å². The Morgan fingerprint density at radius 3 is 2.71 bits per heavy atom. The van der Waals surface area contributed by atoms with Gasteiger partial charge in [-0.2, -0.15) is 5.26 Å². The van der Waals surface area contributed by atoms with Crippen LogP contribution in [0.1, 0.15) is 38.8 Å². The summed E-state index contributed by atoms with van der Waals surface area (Å²) < 4.78 is 5.90. The van der Waals surface area contributed by atoms with E-state index in [0.717, 1.165) is 30.4 Å². The van der Waals surface area contributed by atoms with Crippen LogP contribution in [-0.4, -0.2) is 11.1 Å². The van der Waals surface area contributed by atoms with Gasteiger partial charge in [0.15, 0.2) is 0 Å². The summed E-state index contributed by atoms with van der Waals surface area (Å²) in [6, 6.07) is 5.53.